The van der Waals surface area contributed by atoms with Crippen molar-refractivity contribution in [3.63, 3.8) is 0 Å². The van der Waals surface area contributed by atoms with Gasteiger partial charge in [-0.05, 0) is 0 Å². The third-order valence-electron chi connectivity index (χ3n) is 1.90. The summed E-state index contributed by atoms with van der Waals surface area (Å²) < 4.78 is 4.74. The summed E-state index contributed by atoms with van der Waals surface area (Å²) in [5.74, 6) is -1.47. The number of ether oxygens (including phenoxy) is 1. The van der Waals surface area contributed by atoms with Gasteiger partial charge < -0.3 is 9.84 Å². The first-order valence-corrected chi connectivity index (χ1v) is 4.06. The van der Waals surface area contributed by atoms with E-state index in [-0.39, 0.29) is 11.3 Å². The SMILES string of the molecule is COc1cc(C(=O)O)c([N+](=O)[O-])cc1C=O. The zero-order chi connectivity index (χ0) is 12.3. The highest BCUT2D eigenvalue weighted by molar-refractivity contribution is 5.95. The molecule has 0 fully saturated rings. The minimum Gasteiger partial charge on any atom is -0.496 e. The van der Waals surface area contributed by atoms with Crippen LogP contribution < -0.4 is 4.74 Å². The first-order valence-electron chi connectivity index (χ1n) is 4.06. The minimum atomic E-state index is -1.46. The van der Waals surface area contributed by atoms with Crippen LogP contribution in [0.3, 0.4) is 0 Å². The molecule has 0 spiro atoms. The first-order chi connectivity index (χ1) is 7.51. The third kappa shape index (κ3) is 1.97. The summed E-state index contributed by atoms with van der Waals surface area (Å²) in [7, 11) is 1.24. The molecule has 0 amide bonds. The van der Waals surface area contributed by atoms with Crippen LogP contribution in [0.4, 0.5) is 5.69 Å². The van der Waals surface area contributed by atoms with E-state index >= 15 is 0 Å². The highest BCUT2D eigenvalue weighted by Gasteiger charge is 2.23. The van der Waals surface area contributed by atoms with Crippen LogP contribution in [-0.2, 0) is 0 Å². The van der Waals surface area contributed by atoms with E-state index in [9.17, 15) is 19.7 Å². The number of aromatic carboxylic acids is 1. The Hall–Kier alpha value is -2.44. The zero-order valence-corrected chi connectivity index (χ0v) is 8.17. The van der Waals surface area contributed by atoms with Crippen molar-refractivity contribution in [3.05, 3.63) is 33.4 Å². The summed E-state index contributed by atoms with van der Waals surface area (Å²) in [5, 5.41) is 19.3. The maximum atomic E-state index is 10.7. The average molecular weight is 225 g/mol. The lowest BCUT2D eigenvalue weighted by Gasteiger charge is -2.05. The second-order valence-corrected chi connectivity index (χ2v) is 2.79. The van der Waals surface area contributed by atoms with Crippen LogP contribution in [0.1, 0.15) is 20.7 Å². The lowest BCUT2D eigenvalue weighted by molar-refractivity contribution is -0.385. The molecule has 0 radical (unpaired) electrons. The molecule has 0 aliphatic heterocycles. The van der Waals surface area contributed by atoms with Gasteiger partial charge in [-0.2, -0.15) is 0 Å². The highest BCUT2D eigenvalue weighted by Crippen LogP contribution is 2.27. The number of nitro groups is 1. The molecule has 7 heteroatoms. The Bertz CT molecular complexity index is 467. The number of rotatable bonds is 4. The largest absolute Gasteiger partial charge is 0.496 e. The fourth-order valence-corrected chi connectivity index (χ4v) is 1.18. The van der Waals surface area contributed by atoms with E-state index in [0.717, 1.165) is 12.1 Å². The van der Waals surface area contributed by atoms with Gasteiger partial charge in [-0.1, -0.05) is 0 Å². The van der Waals surface area contributed by atoms with Crippen molar-refractivity contribution in [3.8, 4) is 5.75 Å². The average Bonchev–Trinajstić information content (AvgIpc) is 2.26. The molecule has 0 saturated carbocycles. The van der Waals surface area contributed by atoms with E-state index in [4.69, 9.17) is 9.84 Å². The van der Waals surface area contributed by atoms with Crippen LogP contribution >= 0.6 is 0 Å². The van der Waals surface area contributed by atoms with Crippen molar-refractivity contribution >= 4 is 17.9 Å². The smallest absolute Gasteiger partial charge is 0.342 e. The fourth-order valence-electron chi connectivity index (χ4n) is 1.18. The fraction of sp³-hybridized carbons (Fsp3) is 0.111. The van der Waals surface area contributed by atoms with Crippen LogP contribution in [0.25, 0.3) is 0 Å². The molecule has 0 aromatic heterocycles. The number of carbonyl (C=O) groups is 2. The molecule has 1 aromatic carbocycles. The molecule has 0 unspecified atom stereocenters. The molecule has 1 aromatic rings. The topological polar surface area (TPSA) is 107 Å². The van der Waals surface area contributed by atoms with Gasteiger partial charge >= 0.3 is 5.97 Å². The van der Waals surface area contributed by atoms with Crippen molar-refractivity contribution in [1.29, 1.82) is 0 Å². The predicted molar refractivity (Wildman–Crippen MR) is 52.0 cm³/mol. The number of methoxy groups -OCH3 is 1. The van der Waals surface area contributed by atoms with Crippen LogP contribution in [0.5, 0.6) is 5.75 Å². The summed E-state index contributed by atoms with van der Waals surface area (Å²) in [6, 6.07) is 1.82. The maximum absolute atomic E-state index is 10.7. The highest BCUT2D eigenvalue weighted by atomic mass is 16.6. The number of nitrogens with zero attached hydrogens (tertiary/aromatic N) is 1. The van der Waals surface area contributed by atoms with Crippen LogP contribution in [0, 0.1) is 10.1 Å². The summed E-state index contributed by atoms with van der Waals surface area (Å²) in [6.45, 7) is 0. The van der Waals surface area contributed by atoms with Crippen molar-refractivity contribution in [2.24, 2.45) is 0 Å². The van der Waals surface area contributed by atoms with Crippen molar-refractivity contribution in [1.82, 2.24) is 0 Å². The quantitative estimate of drug-likeness (QED) is 0.467. The van der Waals surface area contributed by atoms with Gasteiger partial charge in [0.15, 0.2) is 6.29 Å². The van der Waals surface area contributed by atoms with E-state index < -0.39 is 22.1 Å². The predicted octanol–water partition coefficient (Wildman–Crippen LogP) is 1.11. The normalized spacial score (nSPS) is 9.56. The number of hydrogen-bond donors (Lipinski definition) is 1. The molecule has 0 aliphatic rings. The Morgan fingerprint density at radius 2 is 2.19 bits per heavy atom. The Morgan fingerprint density at radius 1 is 1.56 bits per heavy atom. The molecule has 0 heterocycles. The number of nitro benzene ring substituents is 1. The summed E-state index contributed by atoms with van der Waals surface area (Å²) >= 11 is 0. The molecule has 0 atom stereocenters. The van der Waals surface area contributed by atoms with Gasteiger partial charge in [-0.3, -0.25) is 14.9 Å². The first kappa shape index (κ1) is 11.6. The van der Waals surface area contributed by atoms with Crippen molar-refractivity contribution in [2.45, 2.75) is 0 Å². The molecular weight excluding hydrogens is 218 g/mol. The standard InChI is InChI=1S/C9H7NO6/c1-16-8-3-6(9(12)13)7(10(14)15)2-5(8)4-11/h2-4H,1H3,(H,12,13). The van der Waals surface area contributed by atoms with E-state index in [0.29, 0.717) is 6.29 Å². The molecule has 1 rings (SSSR count). The number of aldehydes is 1. The molecule has 7 nitrogen and oxygen atoms in total. The molecule has 0 aliphatic carbocycles. The van der Waals surface area contributed by atoms with E-state index in [1.54, 1.807) is 0 Å². The van der Waals surface area contributed by atoms with Crippen molar-refractivity contribution in [2.75, 3.05) is 7.11 Å². The molecule has 16 heavy (non-hydrogen) atoms. The Morgan fingerprint density at radius 3 is 2.56 bits per heavy atom. The molecule has 84 valence electrons. The molecular formula is C9H7NO6. The Kier molecular flexibility index (Phi) is 3.19. The van der Waals surface area contributed by atoms with Crippen LogP contribution in [0.2, 0.25) is 0 Å². The Balaban J connectivity index is 3.53. The summed E-state index contributed by atoms with van der Waals surface area (Å²) in [6.07, 6.45) is 0.359. The Labute approximate surface area is 89.4 Å². The lowest BCUT2D eigenvalue weighted by atomic mass is 10.1. The molecule has 1 N–H and O–H groups in total. The summed E-state index contributed by atoms with van der Waals surface area (Å²) in [4.78, 5) is 31.1. The maximum Gasteiger partial charge on any atom is 0.342 e. The van der Waals surface area contributed by atoms with Gasteiger partial charge in [0.05, 0.1) is 17.6 Å². The number of hydrogen-bond acceptors (Lipinski definition) is 5. The van der Waals surface area contributed by atoms with Gasteiger partial charge in [-0.25, -0.2) is 4.79 Å². The number of carboxylic acid groups (broad SMARTS) is 1. The molecule has 0 saturated heterocycles. The molecule has 0 bridgehead atoms. The van der Waals surface area contributed by atoms with E-state index in [1.165, 1.54) is 7.11 Å². The van der Waals surface area contributed by atoms with E-state index in [2.05, 4.69) is 0 Å². The monoisotopic (exact) mass is 225 g/mol. The minimum absolute atomic E-state index is 0.0157. The third-order valence-corrected chi connectivity index (χ3v) is 1.90. The van der Waals surface area contributed by atoms with E-state index in [1.807, 2.05) is 0 Å². The number of benzene rings is 1. The zero-order valence-electron chi connectivity index (χ0n) is 8.17. The van der Waals surface area contributed by atoms with Gasteiger partial charge in [0.2, 0.25) is 0 Å². The second kappa shape index (κ2) is 4.39. The van der Waals surface area contributed by atoms with Gasteiger partial charge in [0, 0.05) is 12.1 Å². The van der Waals surface area contributed by atoms with Crippen LogP contribution in [-0.4, -0.2) is 29.4 Å². The van der Waals surface area contributed by atoms with Gasteiger partial charge in [-0.15, -0.1) is 0 Å². The van der Waals surface area contributed by atoms with Crippen molar-refractivity contribution < 1.29 is 24.4 Å². The van der Waals surface area contributed by atoms with Gasteiger partial charge in [0.1, 0.15) is 11.3 Å². The van der Waals surface area contributed by atoms with Crippen LogP contribution in [0.15, 0.2) is 12.1 Å². The van der Waals surface area contributed by atoms with Gasteiger partial charge in [0.25, 0.3) is 5.69 Å². The number of carbonyl (C=O) groups excluding carboxylic acids is 1. The second-order valence-electron chi connectivity index (χ2n) is 2.79. The summed E-state index contributed by atoms with van der Waals surface area (Å²) in [5.41, 5.74) is -1.23. The number of carboxylic acids is 1. The lowest BCUT2D eigenvalue weighted by Crippen LogP contribution is -2.05.